The Hall–Kier alpha value is -0.0100. The van der Waals surface area contributed by atoms with Crippen molar-refractivity contribution in [3.63, 3.8) is 0 Å². The maximum Gasteiger partial charge on any atom is 0.00188 e. The largest absolute Gasteiger partial charge is 0.303 e. The van der Waals surface area contributed by atoms with E-state index in [0.29, 0.717) is 0 Å². The van der Waals surface area contributed by atoms with Gasteiger partial charge in [-0.3, -0.25) is 0 Å². The Bertz CT molecular complexity index is 256. The molecular weight excluding hydrogens is 230 g/mol. The Balaban J connectivity index is 0.00000108. The standard InChI is InChI=1S/C15H25N.ClH/c1-2-3-4-5-8-16-10-14-12-6-7-13(9-12)15(14)11-16;/h6-7,12-15H,2-5,8-11H2,1H3;1H/t12-,13+,14-,15+;. The number of hydrogen-bond acceptors (Lipinski definition) is 1. The van der Waals surface area contributed by atoms with E-state index in [1.807, 2.05) is 0 Å². The van der Waals surface area contributed by atoms with Gasteiger partial charge in [0.1, 0.15) is 0 Å². The molecule has 3 aliphatic rings. The van der Waals surface area contributed by atoms with Crippen molar-refractivity contribution in [1.29, 1.82) is 0 Å². The molecule has 0 aromatic carbocycles. The van der Waals surface area contributed by atoms with Gasteiger partial charge in [0.05, 0.1) is 0 Å². The summed E-state index contributed by atoms with van der Waals surface area (Å²) in [5.74, 6) is 3.97. The van der Waals surface area contributed by atoms with Crippen LogP contribution in [0.2, 0.25) is 0 Å². The highest BCUT2D eigenvalue weighted by atomic mass is 35.5. The molecule has 0 unspecified atom stereocenters. The lowest BCUT2D eigenvalue weighted by Crippen LogP contribution is -2.24. The topological polar surface area (TPSA) is 3.24 Å². The van der Waals surface area contributed by atoms with E-state index in [9.17, 15) is 0 Å². The van der Waals surface area contributed by atoms with Crippen molar-refractivity contribution in [1.82, 2.24) is 4.90 Å². The normalized spacial score (nSPS) is 38.4. The molecule has 1 saturated heterocycles. The first-order chi connectivity index (χ1) is 7.88. The van der Waals surface area contributed by atoms with Gasteiger partial charge in [0.2, 0.25) is 0 Å². The van der Waals surface area contributed by atoms with Gasteiger partial charge in [-0.25, -0.2) is 0 Å². The third kappa shape index (κ3) is 2.56. The molecule has 4 atom stereocenters. The van der Waals surface area contributed by atoms with Crippen molar-refractivity contribution < 1.29 is 0 Å². The Morgan fingerprint density at radius 3 is 2.24 bits per heavy atom. The number of nitrogens with zero attached hydrogens (tertiary/aromatic N) is 1. The van der Waals surface area contributed by atoms with Gasteiger partial charge in [-0.2, -0.15) is 0 Å². The fourth-order valence-electron chi connectivity index (χ4n) is 4.18. The van der Waals surface area contributed by atoms with Crippen LogP contribution in [-0.4, -0.2) is 24.5 Å². The van der Waals surface area contributed by atoms with Gasteiger partial charge >= 0.3 is 0 Å². The van der Waals surface area contributed by atoms with E-state index in [1.54, 1.807) is 0 Å². The predicted octanol–water partition coefficient (Wildman–Crippen LogP) is 3.74. The van der Waals surface area contributed by atoms with E-state index in [1.165, 1.54) is 51.7 Å². The van der Waals surface area contributed by atoms with Crippen molar-refractivity contribution in [2.24, 2.45) is 23.7 Å². The minimum Gasteiger partial charge on any atom is -0.303 e. The van der Waals surface area contributed by atoms with Crippen LogP contribution in [0.4, 0.5) is 0 Å². The molecule has 1 saturated carbocycles. The van der Waals surface area contributed by atoms with Gasteiger partial charge in [-0.1, -0.05) is 38.3 Å². The fourth-order valence-corrected chi connectivity index (χ4v) is 4.18. The molecule has 1 heterocycles. The van der Waals surface area contributed by atoms with E-state index in [-0.39, 0.29) is 12.4 Å². The van der Waals surface area contributed by atoms with Crippen LogP contribution in [0.5, 0.6) is 0 Å². The lowest BCUT2D eigenvalue weighted by atomic mass is 9.86. The second kappa shape index (κ2) is 5.75. The zero-order chi connectivity index (χ0) is 11.0. The molecule has 0 aromatic heterocycles. The summed E-state index contributed by atoms with van der Waals surface area (Å²) in [4.78, 5) is 2.75. The quantitative estimate of drug-likeness (QED) is 0.534. The van der Waals surface area contributed by atoms with Gasteiger partial charge in [0.15, 0.2) is 0 Å². The summed E-state index contributed by atoms with van der Waals surface area (Å²) >= 11 is 0. The zero-order valence-electron chi connectivity index (χ0n) is 11.0. The van der Waals surface area contributed by atoms with E-state index < -0.39 is 0 Å². The van der Waals surface area contributed by atoms with Crippen LogP contribution in [0.3, 0.4) is 0 Å². The minimum absolute atomic E-state index is 0. The first kappa shape index (κ1) is 13.4. The minimum atomic E-state index is 0. The lowest BCUT2D eigenvalue weighted by Gasteiger charge is -2.17. The molecule has 1 aliphatic heterocycles. The zero-order valence-corrected chi connectivity index (χ0v) is 11.8. The van der Waals surface area contributed by atoms with Crippen molar-refractivity contribution in [3.05, 3.63) is 12.2 Å². The Kier molecular flexibility index (Phi) is 4.54. The molecule has 0 amide bonds. The van der Waals surface area contributed by atoms with Crippen LogP contribution in [0.25, 0.3) is 0 Å². The van der Waals surface area contributed by atoms with Gasteiger partial charge in [0.25, 0.3) is 0 Å². The van der Waals surface area contributed by atoms with Gasteiger partial charge in [-0.15, -0.1) is 12.4 Å². The molecule has 3 rings (SSSR count). The first-order valence-electron chi connectivity index (χ1n) is 7.29. The lowest BCUT2D eigenvalue weighted by molar-refractivity contribution is 0.291. The molecule has 2 bridgehead atoms. The van der Waals surface area contributed by atoms with Crippen molar-refractivity contribution in [2.75, 3.05) is 19.6 Å². The number of likely N-dealkylation sites (tertiary alicyclic amines) is 1. The van der Waals surface area contributed by atoms with Crippen LogP contribution < -0.4 is 0 Å². The summed E-state index contributed by atoms with van der Waals surface area (Å²) in [5, 5.41) is 0. The summed E-state index contributed by atoms with van der Waals surface area (Å²) in [6.07, 6.45) is 12.1. The number of hydrogen-bond donors (Lipinski definition) is 0. The smallest absolute Gasteiger partial charge is 0.00188 e. The summed E-state index contributed by atoms with van der Waals surface area (Å²) in [6.45, 7) is 6.47. The SMILES string of the molecule is CCCCCCN1C[C@@H]2[C@H](C1)[C@@H]1C=C[C@H]2C1.Cl. The molecule has 0 N–H and O–H groups in total. The third-order valence-corrected chi connectivity index (χ3v) is 5.07. The van der Waals surface area contributed by atoms with Crippen LogP contribution in [0.1, 0.15) is 39.0 Å². The van der Waals surface area contributed by atoms with E-state index in [2.05, 4.69) is 24.0 Å². The molecule has 0 radical (unpaired) electrons. The molecule has 17 heavy (non-hydrogen) atoms. The summed E-state index contributed by atoms with van der Waals surface area (Å²) < 4.78 is 0. The van der Waals surface area contributed by atoms with Crippen molar-refractivity contribution >= 4 is 12.4 Å². The highest BCUT2D eigenvalue weighted by molar-refractivity contribution is 5.85. The Labute approximate surface area is 112 Å². The fraction of sp³-hybridized carbons (Fsp3) is 0.867. The average Bonchev–Trinajstić information content (AvgIpc) is 2.95. The molecule has 2 aliphatic carbocycles. The second-order valence-electron chi connectivity index (χ2n) is 6.10. The van der Waals surface area contributed by atoms with E-state index >= 15 is 0 Å². The maximum atomic E-state index is 2.75. The molecule has 1 nitrogen and oxygen atoms in total. The van der Waals surface area contributed by atoms with Gasteiger partial charge in [0, 0.05) is 13.1 Å². The highest BCUT2D eigenvalue weighted by Gasteiger charge is 2.48. The number of halogens is 1. The first-order valence-corrected chi connectivity index (χ1v) is 7.29. The summed E-state index contributed by atoms with van der Waals surface area (Å²) in [7, 11) is 0. The van der Waals surface area contributed by atoms with Crippen molar-refractivity contribution in [3.8, 4) is 0 Å². The van der Waals surface area contributed by atoms with Crippen LogP contribution >= 0.6 is 12.4 Å². The van der Waals surface area contributed by atoms with Crippen LogP contribution in [-0.2, 0) is 0 Å². The Morgan fingerprint density at radius 1 is 1.00 bits per heavy atom. The number of rotatable bonds is 5. The van der Waals surface area contributed by atoms with Gasteiger partial charge in [-0.05, 0) is 43.1 Å². The van der Waals surface area contributed by atoms with E-state index in [0.717, 1.165) is 23.7 Å². The van der Waals surface area contributed by atoms with Crippen molar-refractivity contribution in [2.45, 2.75) is 39.0 Å². The summed E-state index contributed by atoms with van der Waals surface area (Å²) in [6, 6.07) is 0. The molecule has 0 aromatic rings. The monoisotopic (exact) mass is 255 g/mol. The number of allylic oxidation sites excluding steroid dienone is 2. The average molecular weight is 256 g/mol. The molecule has 0 spiro atoms. The van der Waals surface area contributed by atoms with E-state index in [4.69, 9.17) is 0 Å². The molecule has 2 heteroatoms. The number of unbranched alkanes of at least 4 members (excludes halogenated alkanes) is 3. The Morgan fingerprint density at radius 2 is 1.65 bits per heavy atom. The summed E-state index contributed by atoms with van der Waals surface area (Å²) in [5.41, 5.74) is 0. The third-order valence-electron chi connectivity index (χ3n) is 5.07. The van der Waals surface area contributed by atoms with Crippen LogP contribution in [0, 0.1) is 23.7 Å². The highest BCUT2D eigenvalue weighted by Crippen LogP contribution is 2.51. The molecule has 98 valence electrons. The van der Waals surface area contributed by atoms with Gasteiger partial charge < -0.3 is 4.90 Å². The predicted molar refractivity (Wildman–Crippen MR) is 75.5 cm³/mol. The molecule has 2 fully saturated rings. The molecular formula is C15H26ClN. The number of fused-ring (bicyclic) bond motifs is 5. The van der Waals surface area contributed by atoms with Crippen LogP contribution in [0.15, 0.2) is 12.2 Å². The maximum absolute atomic E-state index is 2.75. The second-order valence-corrected chi connectivity index (χ2v) is 6.10.